The maximum Gasteiger partial charge on any atom is 0.387 e. The first-order valence-corrected chi connectivity index (χ1v) is 10.9. The summed E-state index contributed by atoms with van der Waals surface area (Å²) >= 11 is 0. The van der Waals surface area contributed by atoms with Crippen molar-refractivity contribution in [2.75, 3.05) is 5.32 Å². The second-order valence-corrected chi connectivity index (χ2v) is 8.07. The number of carbonyl (C=O) groups is 1. The smallest absolute Gasteiger partial charge is 0.387 e. The van der Waals surface area contributed by atoms with Gasteiger partial charge in [0, 0.05) is 29.3 Å². The molecule has 9 heteroatoms. The van der Waals surface area contributed by atoms with E-state index in [-0.39, 0.29) is 22.7 Å². The van der Waals surface area contributed by atoms with Gasteiger partial charge >= 0.3 is 6.61 Å². The van der Waals surface area contributed by atoms with Crippen molar-refractivity contribution in [3.8, 4) is 28.1 Å². The predicted molar refractivity (Wildman–Crippen MR) is 128 cm³/mol. The molecule has 4 aromatic rings. The van der Waals surface area contributed by atoms with Gasteiger partial charge in [-0.3, -0.25) is 4.79 Å². The number of amides is 1. The molecule has 0 radical (unpaired) electrons. The van der Waals surface area contributed by atoms with Gasteiger partial charge in [-0.05, 0) is 42.8 Å². The fraction of sp³-hybridized carbons (Fsp3) is 0.148. The van der Waals surface area contributed by atoms with Gasteiger partial charge in [0.05, 0.1) is 17.6 Å². The molecule has 5 nitrogen and oxygen atoms in total. The number of nitrogens with zero attached hydrogens (tertiary/aromatic N) is 2. The van der Waals surface area contributed by atoms with Crippen molar-refractivity contribution in [2.45, 2.75) is 26.4 Å². The van der Waals surface area contributed by atoms with E-state index in [0.29, 0.717) is 28.1 Å². The number of nitrogens with one attached hydrogen (secondary N) is 1. The van der Waals surface area contributed by atoms with Crippen molar-refractivity contribution in [3.05, 3.63) is 95.9 Å². The molecule has 0 atom stereocenters. The van der Waals surface area contributed by atoms with Gasteiger partial charge in [-0.1, -0.05) is 42.5 Å². The molecule has 0 unspecified atom stereocenters. The van der Waals surface area contributed by atoms with Crippen LogP contribution in [0.2, 0.25) is 0 Å². The van der Waals surface area contributed by atoms with E-state index in [1.807, 2.05) is 6.07 Å². The second-order valence-electron chi connectivity index (χ2n) is 8.07. The summed E-state index contributed by atoms with van der Waals surface area (Å²) in [5.41, 5.74) is 2.41. The number of anilines is 1. The van der Waals surface area contributed by atoms with Gasteiger partial charge in [0.25, 0.3) is 11.8 Å². The van der Waals surface area contributed by atoms with Gasteiger partial charge in [0.2, 0.25) is 0 Å². The predicted octanol–water partition coefficient (Wildman–Crippen LogP) is 7.08. The van der Waals surface area contributed by atoms with Gasteiger partial charge < -0.3 is 10.1 Å². The average molecular weight is 495 g/mol. The molecule has 36 heavy (non-hydrogen) atoms. The molecule has 0 saturated heterocycles. The Morgan fingerprint density at radius 2 is 1.72 bits per heavy atom. The number of alkyl halides is 4. The van der Waals surface area contributed by atoms with Crippen LogP contribution in [0.5, 0.6) is 5.75 Å². The molecule has 0 fully saturated rings. The number of halogens is 4. The Kier molecular flexibility index (Phi) is 7.00. The molecule has 1 heterocycles. The van der Waals surface area contributed by atoms with Gasteiger partial charge in [0.1, 0.15) is 11.4 Å². The van der Waals surface area contributed by atoms with E-state index in [1.165, 1.54) is 36.5 Å². The summed E-state index contributed by atoms with van der Waals surface area (Å²) in [5, 5.41) is 2.56. The van der Waals surface area contributed by atoms with Crippen LogP contribution in [0, 0.1) is 6.92 Å². The molecule has 1 aromatic heterocycles. The quantitative estimate of drug-likeness (QED) is 0.278. The maximum absolute atomic E-state index is 13.6. The van der Waals surface area contributed by atoms with Crippen molar-refractivity contribution in [1.82, 2.24) is 9.97 Å². The van der Waals surface area contributed by atoms with Crippen molar-refractivity contribution in [3.63, 3.8) is 0 Å². The molecule has 1 N–H and O–H groups in total. The number of aryl methyl sites for hydroxylation is 1. The number of hydrogen-bond acceptors (Lipinski definition) is 4. The topological polar surface area (TPSA) is 64.1 Å². The van der Waals surface area contributed by atoms with Gasteiger partial charge in [0.15, 0.2) is 0 Å². The highest BCUT2D eigenvalue weighted by molar-refractivity contribution is 6.03. The van der Waals surface area contributed by atoms with E-state index in [4.69, 9.17) is 0 Å². The number of hydrogen-bond donors (Lipinski definition) is 1. The van der Waals surface area contributed by atoms with Crippen LogP contribution in [0.25, 0.3) is 22.4 Å². The summed E-state index contributed by atoms with van der Waals surface area (Å²) in [6.07, 6.45) is 1.39. The van der Waals surface area contributed by atoms with Crippen LogP contribution in [0.15, 0.2) is 79.0 Å². The molecule has 184 valence electrons. The second kappa shape index (κ2) is 10.2. The molecule has 0 spiro atoms. The molecule has 0 aliphatic rings. The summed E-state index contributed by atoms with van der Waals surface area (Å²) in [5.74, 6) is -3.64. The van der Waals surface area contributed by atoms with E-state index >= 15 is 0 Å². The molecule has 1 amide bonds. The minimum atomic E-state index is -3.05. The van der Waals surface area contributed by atoms with Crippen LogP contribution in [0.1, 0.15) is 28.7 Å². The summed E-state index contributed by atoms with van der Waals surface area (Å²) in [6.45, 7) is -0.617. The molecule has 0 aliphatic carbocycles. The highest BCUT2D eigenvalue weighted by Gasteiger charge is 2.24. The normalized spacial score (nSPS) is 11.4. The largest absolute Gasteiger partial charge is 0.434 e. The number of carbonyl (C=O) groups excluding carboxylic acids is 1. The van der Waals surface area contributed by atoms with Crippen LogP contribution in [0.4, 0.5) is 23.2 Å². The third-order valence-electron chi connectivity index (χ3n) is 5.37. The van der Waals surface area contributed by atoms with Crippen molar-refractivity contribution >= 4 is 11.6 Å². The number of rotatable bonds is 7. The maximum atomic E-state index is 13.6. The molecule has 3 aromatic carbocycles. The molecule has 0 bridgehead atoms. The van der Waals surface area contributed by atoms with Crippen LogP contribution in [-0.4, -0.2) is 22.5 Å². The van der Waals surface area contributed by atoms with E-state index in [1.54, 1.807) is 43.3 Å². The van der Waals surface area contributed by atoms with E-state index in [9.17, 15) is 22.4 Å². The van der Waals surface area contributed by atoms with Crippen LogP contribution >= 0.6 is 0 Å². The van der Waals surface area contributed by atoms with Crippen LogP contribution in [-0.2, 0) is 5.92 Å². The fourth-order valence-corrected chi connectivity index (χ4v) is 3.64. The highest BCUT2D eigenvalue weighted by atomic mass is 19.3. The zero-order valence-electron chi connectivity index (χ0n) is 19.3. The van der Waals surface area contributed by atoms with Crippen molar-refractivity contribution in [1.29, 1.82) is 0 Å². The Morgan fingerprint density at radius 1 is 0.972 bits per heavy atom. The summed E-state index contributed by atoms with van der Waals surface area (Å²) < 4.78 is 57.8. The lowest BCUT2D eigenvalue weighted by atomic mass is 10.0. The minimum Gasteiger partial charge on any atom is -0.434 e. The van der Waals surface area contributed by atoms with Gasteiger partial charge in [-0.2, -0.15) is 8.78 Å². The Balaban J connectivity index is 1.62. The van der Waals surface area contributed by atoms with Gasteiger partial charge in [-0.15, -0.1) is 0 Å². The monoisotopic (exact) mass is 495 g/mol. The summed E-state index contributed by atoms with van der Waals surface area (Å²) in [7, 11) is 0. The zero-order chi connectivity index (χ0) is 25.9. The summed E-state index contributed by atoms with van der Waals surface area (Å²) in [6, 6.07) is 19.0. The fourth-order valence-electron chi connectivity index (χ4n) is 3.64. The average Bonchev–Trinajstić information content (AvgIpc) is 2.84. The van der Waals surface area contributed by atoms with E-state index < -0.39 is 18.4 Å². The minimum absolute atomic E-state index is 0.0144. The third-order valence-corrected chi connectivity index (χ3v) is 5.37. The first-order chi connectivity index (χ1) is 17.1. The first-order valence-electron chi connectivity index (χ1n) is 10.9. The van der Waals surface area contributed by atoms with E-state index in [0.717, 1.165) is 6.92 Å². The van der Waals surface area contributed by atoms with Crippen molar-refractivity contribution < 1.29 is 27.1 Å². The number of benzene rings is 3. The third kappa shape index (κ3) is 5.68. The zero-order valence-corrected chi connectivity index (χ0v) is 19.3. The van der Waals surface area contributed by atoms with Crippen LogP contribution in [0.3, 0.4) is 0 Å². The molecule has 4 rings (SSSR count). The highest BCUT2D eigenvalue weighted by Crippen LogP contribution is 2.35. The summed E-state index contributed by atoms with van der Waals surface area (Å²) in [4.78, 5) is 21.4. The molecule has 0 aliphatic heterocycles. The number of ether oxygens (including phenoxy) is 1. The Bertz CT molecular complexity index is 1390. The van der Waals surface area contributed by atoms with E-state index in [2.05, 4.69) is 20.0 Å². The Labute approximate surface area is 204 Å². The Morgan fingerprint density at radius 3 is 2.39 bits per heavy atom. The Hall–Kier alpha value is -4.27. The molecular weight excluding hydrogens is 474 g/mol. The molecule has 0 saturated carbocycles. The lowest BCUT2D eigenvalue weighted by Crippen LogP contribution is -2.17. The lowest BCUT2D eigenvalue weighted by Gasteiger charge is -2.14. The number of aromatic nitrogens is 2. The standard InChI is InChI=1S/C27H21F4N3O2/c1-16-24(25(35)34-20-10-6-9-19(14-20)27(2,30)31)32-15-22(33-16)18-11-12-23(36-26(28)29)21(13-18)17-7-4-3-5-8-17/h3-15,26H,1-2H3,(H,34,35). The first kappa shape index (κ1) is 24.8. The van der Waals surface area contributed by atoms with Crippen molar-refractivity contribution in [2.24, 2.45) is 0 Å². The van der Waals surface area contributed by atoms with Crippen LogP contribution < -0.4 is 10.1 Å². The van der Waals surface area contributed by atoms with Gasteiger partial charge in [-0.25, -0.2) is 18.7 Å². The molecular formula is C27H21F4N3O2. The SMILES string of the molecule is Cc1nc(-c2ccc(OC(F)F)c(-c3ccccc3)c2)cnc1C(=O)Nc1cccc(C(C)(F)F)c1. The lowest BCUT2D eigenvalue weighted by molar-refractivity contribution is -0.0494.